The van der Waals surface area contributed by atoms with Crippen LogP contribution in [0, 0.1) is 5.92 Å². The second-order valence-electron chi connectivity index (χ2n) is 5.12. The van der Waals surface area contributed by atoms with E-state index in [0.717, 1.165) is 23.3 Å². The fourth-order valence-corrected chi connectivity index (χ4v) is 3.35. The van der Waals surface area contributed by atoms with Crippen LogP contribution in [0.3, 0.4) is 0 Å². The second kappa shape index (κ2) is 4.95. The Morgan fingerprint density at radius 2 is 1.87 bits per heavy atom. The molecule has 2 atom stereocenters. The molecule has 1 fully saturated rings. The highest BCUT2D eigenvalue weighted by Gasteiger charge is 2.47. The largest absolute Gasteiger partial charge is 0.353 e. The molecule has 1 N–H and O–H groups in total. The summed E-state index contributed by atoms with van der Waals surface area (Å²) in [6.07, 6.45) is 2.56. The van der Waals surface area contributed by atoms with Crippen molar-refractivity contribution >= 4 is 10.2 Å². The highest BCUT2D eigenvalue weighted by atomic mass is 28.1. The lowest BCUT2D eigenvalue weighted by Gasteiger charge is -2.48. The van der Waals surface area contributed by atoms with E-state index in [1.165, 1.54) is 12.8 Å². The molecule has 1 rings (SSSR count). The zero-order chi connectivity index (χ0) is 11.5. The molecule has 0 aliphatic carbocycles. The molecule has 1 aliphatic heterocycles. The molecule has 0 radical (unpaired) electrons. The van der Waals surface area contributed by atoms with Crippen molar-refractivity contribution < 1.29 is 9.47 Å². The van der Waals surface area contributed by atoms with Gasteiger partial charge in [-0.2, -0.15) is 0 Å². The van der Waals surface area contributed by atoms with Crippen molar-refractivity contribution in [3.05, 3.63) is 0 Å². The van der Waals surface area contributed by atoms with Gasteiger partial charge in [0.1, 0.15) is 0 Å². The first-order valence-corrected chi connectivity index (χ1v) is 6.79. The Hall–Kier alpha value is 0.0969. The van der Waals surface area contributed by atoms with Gasteiger partial charge < -0.3 is 14.8 Å². The summed E-state index contributed by atoms with van der Waals surface area (Å²) in [7, 11) is 4.57. The lowest BCUT2D eigenvalue weighted by molar-refractivity contribution is -0.226. The minimum absolute atomic E-state index is 0.157. The van der Waals surface area contributed by atoms with Crippen LogP contribution in [0.25, 0.3) is 0 Å². The van der Waals surface area contributed by atoms with Crippen LogP contribution < -0.4 is 5.32 Å². The molecule has 0 aromatic carbocycles. The van der Waals surface area contributed by atoms with Gasteiger partial charge in [0.15, 0.2) is 5.79 Å². The third-order valence-corrected chi connectivity index (χ3v) is 5.99. The highest BCUT2D eigenvalue weighted by Crippen LogP contribution is 2.47. The molecule has 4 heteroatoms. The van der Waals surface area contributed by atoms with Gasteiger partial charge >= 0.3 is 0 Å². The number of hydrogen-bond acceptors (Lipinski definition) is 3. The fraction of sp³-hybridized carbons (Fsp3) is 1.00. The topological polar surface area (TPSA) is 30.5 Å². The third kappa shape index (κ3) is 2.44. The van der Waals surface area contributed by atoms with Gasteiger partial charge in [-0.05, 0) is 38.8 Å². The number of rotatable bonds is 4. The average molecular weight is 231 g/mol. The van der Waals surface area contributed by atoms with Crippen LogP contribution in [0.2, 0.25) is 5.04 Å². The smallest absolute Gasteiger partial charge is 0.167 e. The predicted octanol–water partition coefficient (Wildman–Crippen LogP) is 0.539. The van der Waals surface area contributed by atoms with Crippen molar-refractivity contribution in [2.45, 2.75) is 37.5 Å². The maximum absolute atomic E-state index is 5.59. The lowest BCUT2D eigenvalue weighted by Crippen LogP contribution is -2.50. The number of methoxy groups -OCH3 is 2. The third-order valence-electron chi connectivity index (χ3n) is 4.27. The van der Waals surface area contributed by atoms with Gasteiger partial charge in [0.2, 0.25) is 0 Å². The summed E-state index contributed by atoms with van der Waals surface area (Å²) in [6.45, 7) is 6.62. The second-order valence-corrected chi connectivity index (χ2v) is 7.20. The van der Waals surface area contributed by atoms with Crippen LogP contribution in [0.5, 0.6) is 0 Å². The summed E-state index contributed by atoms with van der Waals surface area (Å²) in [4.78, 5) is 0. The summed E-state index contributed by atoms with van der Waals surface area (Å²) >= 11 is 0. The number of hydrogen-bond donors (Lipinski definition) is 1. The summed E-state index contributed by atoms with van der Waals surface area (Å²) in [5, 5.41) is 3.63. The van der Waals surface area contributed by atoms with Gasteiger partial charge in [0.05, 0.1) is 0 Å². The van der Waals surface area contributed by atoms with Crippen LogP contribution in [0.1, 0.15) is 26.7 Å². The van der Waals surface area contributed by atoms with E-state index in [1.54, 1.807) is 14.2 Å². The average Bonchev–Trinajstić information content (AvgIpc) is 2.29. The molecule has 1 heterocycles. The zero-order valence-corrected chi connectivity index (χ0v) is 12.7. The molecule has 15 heavy (non-hydrogen) atoms. The molecule has 1 aliphatic rings. The zero-order valence-electron chi connectivity index (χ0n) is 10.7. The minimum Gasteiger partial charge on any atom is -0.353 e. The van der Waals surface area contributed by atoms with Crippen LogP contribution in [-0.2, 0) is 9.47 Å². The Kier molecular flexibility index (Phi) is 4.35. The molecule has 0 amide bonds. The molecular weight excluding hydrogens is 206 g/mol. The summed E-state index contributed by atoms with van der Waals surface area (Å²) in [6, 6.07) is 0. The van der Waals surface area contributed by atoms with Gasteiger partial charge in [0.25, 0.3) is 0 Å². The monoisotopic (exact) mass is 231 g/mol. The first-order valence-electron chi connectivity index (χ1n) is 5.79. The summed E-state index contributed by atoms with van der Waals surface area (Å²) < 4.78 is 11.2. The van der Waals surface area contributed by atoms with E-state index in [1.807, 2.05) is 0 Å². The van der Waals surface area contributed by atoms with Crippen molar-refractivity contribution in [3.63, 3.8) is 0 Å². The highest BCUT2D eigenvalue weighted by molar-refractivity contribution is 6.16. The Bertz CT molecular complexity index is 199. The quantitative estimate of drug-likeness (QED) is 0.566. The lowest BCUT2D eigenvalue weighted by atomic mass is 9.81. The number of ether oxygens (including phenoxy) is 2. The molecule has 0 spiro atoms. The van der Waals surface area contributed by atoms with Crippen LogP contribution >= 0.6 is 0 Å². The normalized spacial score (nSPS) is 27.6. The van der Waals surface area contributed by atoms with Crippen LogP contribution in [-0.4, -0.2) is 43.3 Å². The first-order chi connectivity index (χ1) is 6.98. The van der Waals surface area contributed by atoms with E-state index in [-0.39, 0.29) is 5.04 Å². The number of nitrogens with one attached hydrogen (secondary N) is 1. The Balaban J connectivity index is 2.78. The Labute approximate surface area is 96.3 Å². The van der Waals surface area contributed by atoms with E-state index in [2.05, 4.69) is 19.2 Å². The molecule has 0 saturated carbocycles. The van der Waals surface area contributed by atoms with Crippen molar-refractivity contribution in [1.82, 2.24) is 5.32 Å². The molecule has 0 aromatic heterocycles. The van der Waals surface area contributed by atoms with Gasteiger partial charge in [-0.3, -0.25) is 0 Å². The summed E-state index contributed by atoms with van der Waals surface area (Å²) in [5.74, 6) is 0.228. The Morgan fingerprint density at radius 1 is 1.27 bits per heavy atom. The van der Waals surface area contributed by atoms with Gasteiger partial charge in [-0.15, -0.1) is 0 Å². The SMILES string of the molecule is COC(C)(OC)C(C)([SiH3])C1CCCNC1. The maximum Gasteiger partial charge on any atom is 0.167 e. The van der Waals surface area contributed by atoms with E-state index >= 15 is 0 Å². The maximum atomic E-state index is 5.59. The van der Waals surface area contributed by atoms with Gasteiger partial charge in [-0.25, -0.2) is 0 Å². The minimum atomic E-state index is -0.442. The van der Waals surface area contributed by atoms with Crippen molar-refractivity contribution in [1.29, 1.82) is 0 Å². The molecule has 2 unspecified atom stereocenters. The van der Waals surface area contributed by atoms with E-state index < -0.39 is 5.79 Å². The number of piperidine rings is 1. The van der Waals surface area contributed by atoms with E-state index in [0.29, 0.717) is 5.92 Å². The van der Waals surface area contributed by atoms with Gasteiger partial charge in [0, 0.05) is 29.5 Å². The molecular formula is C11H25NO2Si. The van der Waals surface area contributed by atoms with E-state index in [9.17, 15) is 0 Å². The first kappa shape index (κ1) is 13.2. The van der Waals surface area contributed by atoms with Crippen molar-refractivity contribution in [2.24, 2.45) is 5.92 Å². The van der Waals surface area contributed by atoms with Crippen LogP contribution in [0.4, 0.5) is 0 Å². The van der Waals surface area contributed by atoms with Crippen LogP contribution in [0.15, 0.2) is 0 Å². The fourth-order valence-electron chi connectivity index (χ4n) is 2.45. The van der Waals surface area contributed by atoms with Gasteiger partial charge in [-0.1, -0.05) is 6.92 Å². The molecule has 0 aromatic rings. The predicted molar refractivity (Wildman–Crippen MR) is 66.3 cm³/mol. The van der Waals surface area contributed by atoms with Crippen molar-refractivity contribution in [3.8, 4) is 0 Å². The molecule has 3 nitrogen and oxygen atoms in total. The van der Waals surface area contributed by atoms with Crippen molar-refractivity contribution in [2.75, 3.05) is 27.3 Å². The Morgan fingerprint density at radius 3 is 2.27 bits per heavy atom. The molecule has 0 bridgehead atoms. The van der Waals surface area contributed by atoms with E-state index in [4.69, 9.17) is 9.47 Å². The summed E-state index contributed by atoms with van der Waals surface area (Å²) in [5.41, 5.74) is 0. The molecule has 90 valence electrons. The molecule has 1 saturated heterocycles. The standard InChI is InChI=1S/C11H25NO2Si/c1-10(15,11(2,13-3)14-4)9-6-5-7-12-8-9/h9,12H,5-8H2,1-4,15H3.